The van der Waals surface area contributed by atoms with Crippen molar-refractivity contribution in [1.82, 2.24) is 0 Å². The van der Waals surface area contributed by atoms with E-state index in [0.717, 1.165) is 6.07 Å². The molecule has 0 bridgehead atoms. The van der Waals surface area contributed by atoms with Crippen LogP contribution in [0.1, 0.15) is 10.4 Å². The molecule has 0 aliphatic heterocycles. The van der Waals surface area contributed by atoms with Gasteiger partial charge in [0.1, 0.15) is 11.5 Å². The Morgan fingerprint density at radius 3 is 2.52 bits per heavy atom. The van der Waals surface area contributed by atoms with E-state index in [4.69, 9.17) is 9.47 Å². The Morgan fingerprint density at radius 1 is 1.17 bits per heavy atom. The average molecular weight is 321 g/mol. The summed E-state index contributed by atoms with van der Waals surface area (Å²) >= 11 is 0. The van der Waals surface area contributed by atoms with Gasteiger partial charge in [0.15, 0.2) is 0 Å². The lowest BCUT2D eigenvalue weighted by atomic mass is 10.2. The summed E-state index contributed by atoms with van der Waals surface area (Å²) in [5.74, 6) is -1.85. The summed E-state index contributed by atoms with van der Waals surface area (Å²) in [7, 11) is 2.51. The van der Waals surface area contributed by atoms with E-state index in [2.05, 4.69) is 4.74 Å². The first-order valence-electron chi connectivity index (χ1n) is 6.34. The second kappa shape index (κ2) is 6.73. The van der Waals surface area contributed by atoms with Crippen molar-refractivity contribution in [2.24, 2.45) is 0 Å². The topological polar surface area (TPSA) is 87.9 Å². The van der Waals surface area contributed by atoms with Crippen LogP contribution in [0.4, 0.5) is 10.1 Å². The van der Waals surface area contributed by atoms with Gasteiger partial charge < -0.3 is 14.2 Å². The zero-order valence-corrected chi connectivity index (χ0v) is 12.2. The van der Waals surface area contributed by atoms with E-state index in [9.17, 15) is 19.3 Å². The maximum Gasteiger partial charge on any atom is 0.347 e. The number of nitro groups is 1. The van der Waals surface area contributed by atoms with Crippen molar-refractivity contribution >= 4 is 11.7 Å². The molecule has 2 rings (SSSR count). The van der Waals surface area contributed by atoms with Crippen molar-refractivity contribution in [2.75, 3.05) is 14.2 Å². The molecule has 0 aliphatic rings. The highest BCUT2D eigenvalue weighted by molar-refractivity contribution is 5.89. The van der Waals surface area contributed by atoms with Gasteiger partial charge in [-0.2, -0.15) is 4.39 Å². The highest BCUT2D eigenvalue weighted by Crippen LogP contribution is 2.37. The quantitative estimate of drug-likeness (QED) is 0.477. The fourth-order valence-corrected chi connectivity index (χ4v) is 1.85. The molecule has 0 amide bonds. The fraction of sp³-hybridized carbons (Fsp3) is 0.133. The lowest BCUT2D eigenvalue weighted by Gasteiger charge is -2.09. The molecule has 8 heteroatoms. The first kappa shape index (κ1) is 16.2. The van der Waals surface area contributed by atoms with Crippen molar-refractivity contribution in [3.63, 3.8) is 0 Å². The summed E-state index contributed by atoms with van der Waals surface area (Å²) in [6, 6.07) is 7.85. The zero-order chi connectivity index (χ0) is 17.0. The Balaban J connectivity index is 2.45. The van der Waals surface area contributed by atoms with Crippen LogP contribution in [0.3, 0.4) is 0 Å². The molecule has 120 valence electrons. The predicted molar refractivity (Wildman–Crippen MR) is 77.5 cm³/mol. The molecule has 0 fully saturated rings. The van der Waals surface area contributed by atoms with E-state index in [1.54, 1.807) is 0 Å². The van der Waals surface area contributed by atoms with E-state index < -0.39 is 22.4 Å². The van der Waals surface area contributed by atoms with E-state index in [0.29, 0.717) is 0 Å². The molecule has 0 atom stereocenters. The Morgan fingerprint density at radius 2 is 1.91 bits per heavy atom. The minimum atomic E-state index is -1.09. The second-order valence-corrected chi connectivity index (χ2v) is 4.33. The molecule has 7 nitrogen and oxygen atoms in total. The molecule has 0 N–H and O–H groups in total. The van der Waals surface area contributed by atoms with Gasteiger partial charge in [-0.1, -0.05) is 6.07 Å². The van der Waals surface area contributed by atoms with Gasteiger partial charge in [-0.05, 0) is 18.2 Å². The van der Waals surface area contributed by atoms with Gasteiger partial charge in [-0.15, -0.1) is 0 Å². The van der Waals surface area contributed by atoms with Crippen LogP contribution in [0, 0.1) is 15.9 Å². The largest absolute Gasteiger partial charge is 0.497 e. The van der Waals surface area contributed by atoms with Gasteiger partial charge in [-0.3, -0.25) is 10.1 Å². The Kier molecular flexibility index (Phi) is 4.75. The van der Waals surface area contributed by atoms with Gasteiger partial charge in [-0.25, -0.2) is 4.79 Å². The monoisotopic (exact) mass is 321 g/mol. The van der Waals surface area contributed by atoms with Gasteiger partial charge in [0.25, 0.3) is 0 Å². The summed E-state index contributed by atoms with van der Waals surface area (Å²) < 4.78 is 28.6. The Labute approximate surface area is 130 Å². The standard InChI is InChI=1S/C15H12FNO6/c1-21-11-7-12(16)14(17(19)20)13(8-11)23-10-5-3-4-9(6-10)15(18)22-2/h3-8H,1-2H3. The average Bonchev–Trinajstić information content (AvgIpc) is 2.53. The maximum atomic E-state index is 13.8. The third kappa shape index (κ3) is 3.54. The predicted octanol–water partition coefficient (Wildman–Crippen LogP) is 3.32. The smallest absolute Gasteiger partial charge is 0.347 e. The summed E-state index contributed by atoms with van der Waals surface area (Å²) in [5, 5.41) is 11.0. The van der Waals surface area contributed by atoms with E-state index in [-0.39, 0.29) is 22.8 Å². The van der Waals surface area contributed by atoms with Crippen LogP contribution in [-0.4, -0.2) is 25.1 Å². The van der Waals surface area contributed by atoms with Crippen LogP contribution in [0.2, 0.25) is 0 Å². The Hall–Kier alpha value is -3.16. The molecule has 0 aromatic heterocycles. The van der Waals surface area contributed by atoms with Gasteiger partial charge >= 0.3 is 11.7 Å². The number of halogens is 1. The number of nitrogens with zero attached hydrogens (tertiary/aromatic N) is 1. The molecule has 0 unspecified atom stereocenters. The SMILES string of the molecule is COC(=O)c1cccc(Oc2cc(OC)cc(F)c2[N+](=O)[O-])c1. The minimum Gasteiger partial charge on any atom is -0.497 e. The molecule has 0 saturated carbocycles. The van der Waals surface area contributed by atoms with Crippen LogP contribution in [-0.2, 0) is 4.74 Å². The molecule has 0 radical (unpaired) electrons. The normalized spacial score (nSPS) is 10.0. The number of carbonyl (C=O) groups is 1. The number of rotatable bonds is 5. The molecular formula is C15H12FNO6. The summed E-state index contributed by atoms with van der Waals surface area (Å²) in [6.45, 7) is 0. The lowest BCUT2D eigenvalue weighted by Crippen LogP contribution is -2.02. The molecule has 2 aromatic carbocycles. The number of nitro benzene ring substituents is 1. The first-order valence-corrected chi connectivity index (χ1v) is 6.34. The minimum absolute atomic E-state index is 0.0622. The van der Waals surface area contributed by atoms with Crippen molar-refractivity contribution < 1.29 is 28.3 Å². The number of methoxy groups -OCH3 is 2. The first-order chi connectivity index (χ1) is 11.0. The molecule has 0 heterocycles. The molecular weight excluding hydrogens is 309 g/mol. The number of hydrogen-bond acceptors (Lipinski definition) is 6. The van der Waals surface area contributed by atoms with E-state index in [1.807, 2.05) is 0 Å². The summed E-state index contributed by atoms with van der Waals surface area (Å²) in [4.78, 5) is 21.6. The van der Waals surface area contributed by atoms with Gasteiger partial charge in [0.05, 0.1) is 24.7 Å². The summed E-state index contributed by atoms with van der Waals surface area (Å²) in [6.07, 6.45) is 0. The maximum absolute atomic E-state index is 13.8. The number of ether oxygens (including phenoxy) is 3. The molecule has 23 heavy (non-hydrogen) atoms. The molecule has 0 saturated heterocycles. The third-order valence-corrected chi connectivity index (χ3v) is 2.90. The van der Waals surface area contributed by atoms with Crippen LogP contribution < -0.4 is 9.47 Å². The van der Waals surface area contributed by atoms with Crippen molar-refractivity contribution in [3.8, 4) is 17.2 Å². The van der Waals surface area contributed by atoms with Gasteiger partial charge in [0, 0.05) is 12.1 Å². The second-order valence-electron chi connectivity index (χ2n) is 4.33. The van der Waals surface area contributed by atoms with Crippen molar-refractivity contribution in [3.05, 3.63) is 57.9 Å². The zero-order valence-electron chi connectivity index (χ0n) is 12.2. The number of esters is 1. The number of hydrogen-bond donors (Lipinski definition) is 0. The highest BCUT2D eigenvalue weighted by Gasteiger charge is 2.24. The Bertz CT molecular complexity index is 762. The van der Waals surface area contributed by atoms with E-state index >= 15 is 0 Å². The molecule has 2 aromatic rings. The van der Waals surface area contributed by atoms with Crippen LogP contribution >= 0.6 is 0 Å². The van der Waals surface area contributed by atoms with E-state index in [1.165, 1.54) is 44.6 Å². The fourth-order valence-electron chi connectivity index (χ4n) is 1.85. The van der Waals surface area contributed by atoms with Crippen molar-refractivity contribution in [1.29, 1.82) is 0 Å². The third-order valence-electron chi connectivity index (χ3n) is 2.90. The molecule has 0 spiro atoms. The van der Waals surface area contributed by atoms with Crippen LogP contribution in [0.15, 0.2) is 36.4 Å². The van der Waals surface area contributed by atoms with Crippen LogP contribution in [0.25, 0.3) is 0 Å². The highest BCUT2D eigenvalue weighted by atomic mass is 19.1. The van der Waals surface area contributed by atoms with Gasteiger partial charge in [0.2, 0.25) is 11.6 Å². The van der Waals surface area contributed by atoms with Crippen molar-refractivity contribution in [2.45, 2.75) is 0 Å². The molecule has 0 aliphatic carbocycles. The number of benzene rings is 2. The summed E-state index contributed by atoms with van der Waals surface area (Å²) in [5.41, 5.74) is -0.634. The lowest BCUT2D eigenvalue weighted by molar-refractivity contribution is -0.388. The number of carbonyl (C=O) groups excluding carboxylic acids is 1. The van der Waals surface area contributed by atoms with Crippen LogP contribution in [0.5, 0.6) is 17.2 Å².